The maximum Gasteiger partial charge on any atom is 0.273 e. The van der Waals surface area contributed by atoms with Crippen LogP contribution >= 0.6 is 23.8 Å². The van der Waals surface area contributed by atoms with Crippen LogP contribution in [0.3, 0.4) is 0 Å². The lowest BCUT2D eigenvalue weighted by atomic mass is 10.0. The Morgan fingerprint density at radius 3 is 2.65 bits per heavy atom. The molecule has 10 nitrogen and oxygen atoms in total. The first-order valence-electron chi connectivity index (χ1n) is 12.3. The first kappa shape index (κ1) is 27.4. The van der Waals surface area contributed by atoms with Crippen molar-refractivity contribution in [3.05, 3.63) is 99.5 Å². The summed E-state index contributed by atoms with van der Waals surface area (Å²) in [6.45, 7) is 0.803. The van der Waals surface area contributed by atoms with Crippen molar-refractivity contribution in [3.8, 4) is 22.8 Å². The molecule has 3 heterocycles. The van der Waals surface area contributed by atoms with Gasteiger partial charge in [-0.05, 0) is 60.7 Å². The number of nitro benzene ring substituents is 1. The van der Waals surface area contributed by atoms with Crippen molar-refractivity contribution in [2.45, 2.75) is 12.1 Å². The molecule has 1 aliphatic rings. The van der Waals surface area contributed by atoms with Gasteiger partial charge in [-0.15, -0.1) is 0 Å². The number of non-ortho nitro benzene ring substituents is 1. The largest absolute Gasteiger partial charge is 0.496 e. The van der Waals surface area contributed by atoms with Crippen LogP contribution in [0.4, 0.5) is 11.4 Å². The monoisotopic (exact) mass is 580 g/mol. The molecule has 2 aromatic heterocycles. The van der Waals surface area contributed by atoms with E-state index in [9.17, 15) is 10.1 Å². The highest BCUT2D eigenvalue weighted by molar-refractivity contribution is 7.80. The van der Waals surface area contributed by atoms with Crippen molar-refractivity contribution in [3.63, 3.8) is 0 Å². The molecule has 1 aliphatic heterocycles. The lowest BCUT2D eigenvalue weighted by Crippen LogP contribution is -2.29. The Hall–Kier alpha value is -4.19. The van der Waals surface area contributed by atoms with Crippen LogP contribution in [0.1, 0.15) is 23.5 Å². The summed E-state index contributed by atoms with van der Waals surface area (Å²) in [5.74, 6) is 1.93. The Bertz CT molecular complexity index is 1530. The fourth-order valence-corrected chi connectivity index (χ4v) is 5.14. The molecule has 4 aromatic rings. The van der Waals surface area contributed by atoms with Crippen molar-refractivity contribution in [1.29, 1.82) is 0 Å². The molecule has 0 aliphatic carbocycles. The summed E-state index contributed by atoms with van der Waals surface area (Å²) in [4.78, 5) is 17.3. The molecule has 0 amide bonds. The molecule has 0 saturated carbocycles. The van der Waals surface area contributed by atoms with E-state index >= 15 is 0 Å². The zero-order valence-electron chi connectivity index (χ0n) is 21.6. The minimum absolute atomic E-state index is 0.0781. The number of hydrogen-bond donors (Lipinski definition) is 1. The van der Waals surface area contributed by atoms with Crippen LogP contribution in [0, 0.1) is 10.1 Å². The highest BCUT2D eigenvalue weighted by atomic mass is 35.5. The summed E-state index contributed by atoms with van der Waals surface area (Å²) in [6.07, 6.45) is 1.72. The summed E-state index contributed by atoms with van der Waals surface area (Å²) in [7, 11) is 3.06. The molecule has 1 saturated heterocycles. The minimum atomic E-state index is -0.473. The second kappa shape index (κ2) is 11.9. The molecule has 0 bridgehead atoms. The number of rotatable bonds is 10. The minimum Gasteiger partial charge on any atom is -0.496 e. The van der Waals surface area contributed by atoms with Crippen LogP contribution in [0.15, 0.2) is 77.3 Å². The second-order valence-electron chi connectivity index (χ2n) is 8.80. The Balaban J connectivity index is 1.55. The number of ether oxygens (including phenoxy) is 3. The van der Waals surface area contributed by atoms with E-state index < -0.39 is 11.0 Å². The van der Waals surface area contributed by atoms with Gasteiger partial charge in [0.1, 0.15) is 35.7 Å². The Morgan fingerprint density at radius 2 is 1.95 bits per heavy atom. The van der Waals surface area contributed by atoms with E-state index in [1.807, 2.05) is 35.2 Å². The number of anilines is 1. The fourth-order valence-electron chi connectivity index (χ4n) is 4.57. The van der Waals surface area contributed by atoms with Gasteiger partial charge in [-0.3, -0.25) is 15.1 Å². The van der Waals surface area contributed by atoms with E-state index in [1.54, 1.807) is 37.6 Å². The van der Waals surface area contributed by atoms with Crippen LogP contribution in [0.5, 0.6) is 11.5 Å². The number of benzene rings is 2. The highest BCUT2D eigenvalue weighted by Crippen LogP contribution is 2.45. The second-order valence-corrected chi connectivity index (χ2v) is 9.59. The quantitative estimate of drug-likeness (QED) is 0.102. The third-order valence-electron chi connectivity index (χ3n) is 6.42. The number of thiocarbonyl (C=S) groups is 1. The summed E-state index contributed by atoms with van der Waals surface area (Å²) in [6, 6.07) is 18.4. The predicted molar refractivity (Wildman–Crippen MR) is 154 cm³/mol. The molecule has 2 atom stereocenters. The molecule has 0 spiro atoms. The molecule has 2 unspecified atom stereocenters. The highest BCUT2D eigenvalue weighted by Gasteiger charge is 2.43. The van der Waals surface area contributed by atoms with Gasteiger partial charge in [0, 0.05) is 25.1 Å². The molecule has 2 aromatic carbocycles. The van der Waals surface area contributed by atoms with Gasteiger partial charge in [0.05, 0.1) is 47.0 Å². The number of nitro groups is 1. The van der Waals surface area contributed by atoms with Gasteiger partial charge in [0.15, 0.2) is 5.11 Å². The van der Waals surface area contributed by atoms with Gasteiger partial charge in [0.25, 0.3) is 5.69 Å². The number of hydrogen-bond acceptors (Lipinski definition) is 8. The lowest BCUT2D eigenvalue weighted by Gasteiger charge is -2.26. The number of nitrogens with zero attached hydrogens (tertiary/aromatic N) is 3. The fraction of sp³-hybridized carbons (Fsp3) is 0.214. The molecule has 40 heavy (non-hydrogen) atoms. The summed E-state index contributed by atoms with van der Waals surface area (Å²) in [5.41, 5.74) is 2.00. The zero-order chi connectivity index (χ0) is 28.2. The smallest absolute Gasteiger partial charge is 0.273 e. The summed E-state index contributed by atoms with van der Waals surface area (Å²) < 4.78 is 22.6. The Morgan fingerprint density at radius 1 is 1.10 bits per heavy atom. The van der Waals surface area contributed by atoms with Crippen LogP contribution in [0.25, 0.3) is 11.3 Å². The number of pyridine rings is 1. The van der Waals surface area contributed by atoms with E-state index in [1.165, 1.54) is 19.2 Å². The van der Waals surface area contributed by atoms with Crippen molar-refractivity contribution in [2.24, 2.45) is 0 Å². The van der Waals surface area contributed by atoms with Gasteiger partial charge < -0.3 is 28.8 Å². The van der Waals surface area contributed by atoms with Crippen molar-refractivity contribution >= 4 is 40.3 Å². The topological polar surface area (TPSA) is 112 Å². The van der Waals surface area contributed by atoms with E-state index in [0.29, 0.717) is 51.9 Å². The summed E-state index contributed by atoms with van der Waals surface area (Å²) in [5, 5.41) is 15.5. The molecule has 1 fully saturated rings. The van der Waals surface area contributed by atoms with Gasteiger partial charge in [-0.2, -0.15) is 0 Å². The van der Waals surface area contributed by atoms with Crippen LogP contribution in [0.2, 0.25) is 5.02 Å². The van der Waals surface area contributed by atoms with Crippen LogP contribution in [-0.2, 0) is 4.74 Å². The maximum atomic E-state index is 11.3. The number of halogens is 1. The molecule has 12 heteroatoms. The van der Waals surface area contributed by atoms with Crippen LogP contribution in [-0.4, -0.2) is 42.5 Å². The molecular formula is C28H25ClN4O6S. The number of nitrogens with one attached hydrogen (secondary N) is 1. The van der Waals surface area contributed by atoms with Gasteiger partial charge in [-0.25, -0.2) is 0 Å². The van der Waals surface area contributed by atoms with E-state index in [4.69, 9.17) is 42.4 Å². The van der Waals surface area contributed by atoms with Gasteiger partial charge >= 0.3 is 0 Å². The molecule has 1 N–H and O–H groups in total. The molecular weight excluding hydrogens is 556 g/mol. The van der Waals surface area contributed by atoms with Crippen molar-refractivity contribution < 1.29 is 23.6 Å². The first-order chi connectivity index (χ1) is 19.4. The van der Waals surface area contributed by atoms with Crippen molar-refractivity contribution in [2.75, 3.05) is 32.3 Å². The molecule has 5 rings (SSSR count). The number of aromatic nitrogens is 1. The number of methoxy groups -OCH3 is 2. The standard InChI is InChI=1S/C28H25ClN4O6S/c1-36-13-14-38-23-9-7-17(15-20(23)29)32-27(26(31-28(32)40)21-5-3-4-12-30-21)24-11-10-22(39-24)19-8-6-18(33(34)35)16-25(19)37-2/h3-12,15-16,26-27H,13-14H2,1-2H3,(H,31,40). The Kier molecular flexibility index (Phi) is 8.15. The average molecular weight is 581 g/mol. The van der Waals surface area contributed by atoms with Gasteiger partial charge in [-0.1, -0.05) is 17.7 Å². The Labute approximate surface area is 240 Å². The van der Waals surface area contributed by atoms with E-state index in [2.05, 4.69) is 10.3 Å². The molecule has 206 valence electrons. The SMILES string of the molecule is COCCOc1ccc(N2C(=S)NC(c3ccccn3)C2c2ccc(-c3ccc([N+](=O)[O-])cc3OC)o2)cc1Cl. The molecule has 0 radical (unpaired) electrons. The summed E-state index contributed by atoms with van der Waals surface area (Å²) >= 11 is 12.4. The van der Waals surface area contributed by atoms with E-state index in [-0.39, 0.29) is 11.7 Å². The average Bonchev–Trinajstić information content (AvgIpc) is 3.58. The van der Waals surface area contributed by atoms with E-state index in [0.717, 1.165) is 11.4 Å². The third kappa shape index (κ3) is 5.44. The van der Waals surface area contributed by atoms with Crippen molar-refractivity contribution in [1.82, 2.24) is 10.3 Å². The normalized spacial score (nSPS) is 16.6. The number of furan rings is 1. The maximum absolute atomic E-state index is 11.3. The lowest BCUT2D eigenvalue weighted by molar-refractivity contribution is -0.384. The predicted octanol–water partition coefficient (Wildman–Crippen LogP) is 6.11. The van der Waals surface area contributed by atoms with Gasteiger partial charge in [0.2, 0.25) is 0 Å². The third-order valence-corrected chi connectivity index (χ3v) is 7.03. The zero-order valence-corrected chi connectivity index (χ0v) is 23.1. The first-order valence-corrected chi connectivity index (χ1v) is 13.0. The van der Waals surface area contributed by atoms with Crippen LogP contribution < -0.4 is 19.7 Å².